The topological polar surface area (TPSA) is 161 Å². The van der Waals surface area contributed by atoms with E-state index in [1.165, 1.54) is 12.1 Å². The Hall–Kier alpha value is -3.67. The highest BCUT2D eigenvalue weighted by Gasteiger charge is 2.53. The number of esters is 4. The van der Waals surface area contributed by atoms with E-state index in [0.29, 0.717) is 6.29 Å². The lowest BCUT2D eigenvalue weighted by Gasteiger charge is -2.43. The zero-order chi connectivity index (χ0) is 24.7. The minimum Gasteiger partial charge on any atom is -0.507 e. The molecule has 0 radical (unpaired) electrons. The van der Waals surface area contributed by atoms with Crippen LogP contribution in [0.2, 0.25) is 0 Å². The van der Waals surface area contributed by atoms with Crippen LogP contribution in [0.25, 0.3) is 0 Å². The normalized spacial score (nSPS) is 24.2. The molecule has 0 saturated carbocycles. The maximum atomic E-state index is 11.8. The molecule has 1 saturated heterocycles. The molecule has 12 heteroatoms. The Kier molecular flexibility index (Phi) is 8.74. The Labute approximate surface area is 188 Å². The molecule has 1 N–H and O–H groups in total. The predicted molar refractivity (Wildman–Crippen MR) is 106 cm³/mol. The van der Waals surface area contributed by atoms with E-state index in [4.69, 9.17) is 28.4 Å². The van der Waals surface area contributed by atoms with Crippen LogP contribution in [-0.4, -0.2) is 72.6 Å². The lowest BCUT2D eigenvalue weighted by Crippen LogP contribution is -2.63. The lowest BCUT2D eigenvalue weighted by molar-refractivity contribution is -0.288. The van der Waals surface area contributed by atoms with Crippen molar-refractivity contribution < 1.29 is 57.5 Å². The fraction of sp³-hybridized carbons (Fsp3) is 0.476. The molecule has 5 atom stereocenters. The average Bonchev–Trinajstić information content (AvgIpc) is 2.70. The van der Waals surface area contributed by atoms with Crippen LogP contribution in [0, 0.1) is 0 Å². The highest BCUT2D eigenvalue weighted by atomic mass is 16.7. The van der Waals surface area contributed by atoms with Gasteiger partial charge in [0.25, 0.3) is 0 Å². The number of hydrogen-bond acceptors (Lipinski definition) is 12. The molecule has 2 rings (SSSR count). The number of benzene rings is 1. The molecule has 1 heterocycles. The standard InChI is InChI=1S/C21H24O12/c1-10(23)28-9-17-18(29-11(2)24)19(30-12(3)25)20(31-13(4)26)21(33-17)32-15-6-5-14(8-22)16(27)7-15/h5-8,17-21,27H,9H2,1-4H3. The second-order valence-electron chi connectivity index (χ2n) is 7.02. The van der Waals surface area contributed by atoms with Gasteiger partial charge in [-0.05, 0) is 12.1 Å². The van der Waals surface area contributed by atoms with Crippen LogP contribution in [0.1, 0.15) is 38.1 Å². The molecule has 12 nitrogen and oxygen atoms in total. The van der Waals surface area contributed by atoms with Gasteiger partial charge in [-0.3, -0.25) is 24.0 Å². The van der Waals surface area contributed by atoms with Crippen molar-refractivity contribution in [2.45, 2.75) is 58.4 Å². The summed E-state index contributed by atoms with van der Waals surface area (Å²) in [6.45, 7) is 4.04. The van der Waals surface area contributed by atoms with Crippen LogP contribution in [0.4, 0.5) is 0 Å². The Morgan fingerprint density at radius 2 is 1.48 bits per heavy atom. The number of ether oxygens (including phenoxy) is 6. The van der Waals surface area contributed by atoms with Crippen molar-refractivity contribution >= 4 is 30.2 Å². The number of carbonyl (C=O) groups is 5. The molecule has 180 valence electrons. The van der Waals surface area contributed by atoms with Crippen molar-refractivity contribution in [3.63, 3.8) is 0 Å². The van der Waals surface area contributed by atoms with Crippen molar-refractivity contribution in [1.29, 1.82) is 0 Å². The first-order valence-electron chi connectivity index (χ1n) is 9.77. The molecule has 0 spiro atoms. The summed E-state index contributed by atoms with van der Waals surface area (Å²) in [5.41, 5.74) is 0.00361. The Morgan fingerprint density at radius 3 is 2.00 bits per heavy atom. The monoisotopic (exact) mass is 468 g/mol. The Bertz CT molecular complexity index is 911. The summed E-state index contributed by atoms with van der Waals surface area (Å²) in [5, 5.41) is 9.92. The van der Waals surface area contributed by atoms with Crippen LogP contribution >= 0.6 is 0 Å². The minimum absolute atomic E-state index is 0.00361. The lowest BCUT2D eigenvalue weighted by atomic mass is 9.98. The molecule has 0 amide bonds. The maximum absolute atomic E-state index is 11.8. The first kappa shape index (κ1) is 25.6. The van der Waals surface area contributed by atoms with Crippen LogP contribution in [0.5, 0.6) is 11.5 Å². The van der Waals surface area contributed by atoms with E-state index in [9.17, 15) is 29.1 Å². The molecule has 1 aromatic rings. The van der Waals surface area contributed by atoms with Gasteiger partial charge in [-0.15, -0.1) is 0 Å². The van der Waals surface area contributed by atoms with E-state index in [1.54, 1.807) is 0 Å². The van der Waals surface area contributed by atoms with E-state index in [1.807, 2.05) is 0 Å². The molecule has 5 unspecified atom stereocenters. The van der Waals surface area contributed by atoms with Gasteiger partial charge in [0.15, 0.2) is 18.5 Å². The SMILES string of the molecule is CC(=O)OCC1OC(Oc2ccc(C=O)c(O)c2)C(OC(C)=O)C(OC(C)=O)C1OC(C)=O. The smallest absolute Gasteiger partial charge is 0.303 e. The van der Waals surface area contributed by atoms with Gasteiger partial charge in [-0.2, -0.15) is 0 Å². The summed E-state index contributed by atoms with van der Waals surface area (Å²) in [6.07, 6.45) is -6.32. The van der Waals surface area contributed by atoms with Crippen molar-refractivity contribution in [3.05, 3.63) is 23.8 Å². The first-order valence-corrected chi connectivity index (χ1v) is 9.77. The summed E-state index contributed by atoms with van der Waals surface area (Å²) in [5.74, 6) is -3.35. The van der Waals surface area contributed by atoms with Crippen molar-refractivity contribution in [3.8, 4) is 11.5 Å². The van der Waals surface area contributed by atoms with Gasteiger partial charge < -0.3 is 33.5 Å². The summed E-state index contributed by atoms with van der Waals surface area (Å²) in [4.78, 5) is 57.5. The fourth-order valence-electron chi connectivity index (χ4n) is 3.11. The van der Waals surface area contributed by atoms with Crippen LogP contribution in [-0.2, 0) is 42.9 Å². The first-order chi connectivity index (χ1) is 15.5. The number of carbonyl (C=O) groups excluding carboxylic acids is 5. The zero-order valence-corrected chi connectivity index (χ0v) is 18.3. The van der Waals surface area contributed by atoms with E-state index in [0.717, 1.165) is 33.8 Å². The van der Waals surface area contributed by atoms with E-state index >= 15 is 0 Å². The highest BCUT2D eigenvalue weighted by molar-refractivity contribution is 5.79. The highest BCUT2D eigenvalue weighted by Crippen LogP contribution is 2.32. The van der Waals surface area contributed by atoms with E-state index in [-0.39, 0.29) is 17.1 Å². The second kappa shape index (κ2) is 11.3. The summed E-state index contributed by atoms with van der Waals surface area (Å²) < 4.78 is 32.3. The summed E-state index contributed by atoms with van der Waals surface area (Å²) in [6, 6.07) is 3.75. The Balaban J connectivity index is 2.47. The number of aromatic hydroxyl groups is 1. The van der Waals surface area contributed by atoms with Gasteiger partial charge in [0.1, 0.15) is 24.2 Å². The van der Waals surface area contributed by atoms with Gasteiger partial charge in [0, 0.05) is 33.8 Å². The quantitative estimate of drug-likeness (QED) is 0.323. The van der Waals surface area contributed by atoms with Crippen molar-refractivity contribution in [2.24, 2.45) is 0 Å². The van der Waals surface area contributed by atoms with Gasteiger partial charge in [-0.1, -0.05) is 0 Å². The van der Waals surface area contributed by atoms with Crippen LogP contribution in [0.15, 0.2) is 18.2 Å². The predicted octanol–water partition coefficient (Wildman–Crippen LogP) is 0.667. The average molecular weight is 468 g/mol. The van der Waals surface area contributed by atoms with Crippen molar-refractivity contribution in [1.82, 2.24) is 0 Å². The third-order valence-corrected chi connectivity index (χ3v) is 4.33. The van der Waals surface area contributed by atoms with Crippen LogP contribution < -0.4 is 4.74 Å². The molecule has 1 aliphatic rings. The molecule has 1 aliphatic heterocycles. The molecule has 1 fully saturated rings. The van der Waals surface area contributed by atoms with Gasteiger partial charge >= 0.3 is 23.9 Å². The van der Waals surface area contributed by atoms with Gasteiger partial charge in [0.05, 0.1) is 5.56 Å². The Morgan fingerprint density at radius 1 is 0.909 bits per heavy atom. The van der Waals surface area contributed by atoms with Gasteiger partial charge in [-0.25, -0.2) is 0 Å². The molecule has 0 bridgehead atoms. The number of aldehydes is 1. The molecule has 1 aromatic carbocycles. The van der Waals surface area contributed by atoms with Gasteiger partial charge in [0.2, 0.25) is 12.4 Å². The summed E-state index contributed by atoms with van der Waals surface area (Å²) >= 11 is 0. The van der Waals surface area contributed by atoms with E-state index < -0.39 is 61.2 Å². The fourth-order valence-corrected chi connectivity index (χ4v) is 3.11. The van der Waals surface area contributed by atoms with E-state index in [2.05, 4.69) is 0 Å². The maximum Gasteiger partial charge on any atom is 0.303 e. The van der Waals surface area contributed by atoms with Crippen molar-refractivity contribution in [2.75, 3.05) is 6.61 Å². The molecule has 0 aliphatic carbocycles. The molecule has 0 aromatic heterocycles. The minimum atomic E-state index is -1.45. The number of phenols is 1. The second-order valence-corrected chi connectivity index (χ2v) is 7.02. The largest absolute Gasteiger partial charge is 0.507 e. The third kappa shape index (κ3) is 7.17. The number of phenolic OH excluding ortho intramolecular Hbond substituents is 1. The molecular weight excluding hydrogens is 444 g/mol. The summed E-state index contributed by atoms with van der Waals surface area (Å²) in [7, 11) is 0. The number of rotatable bonds is 8. The molecule has 33 heavy (non-hydrogen) atoms. The zero-order valence-electron chi connectivity index (χ0n) is 18.3. The molecular formula is C21H24O12. The van der Waals surface area contributed by atoms with Crippen LogP contribution in [0.3, 0.4) is 0 Å². The number of hydrogen-bond donors (Lipinski definition) is 1. The third-order valence-electron chi connectivity index (χ3n) is 4.33.